The summed E-state index contributed by atoms with van der Waals surface area (Å²) in [6.07, 6.45) is 1.83. The predicted octanol–water partition coefficient (Wildman–Crippen LogP) is 4.08. The smallest absolute Gasteiger partial charge is 0.115 e. The highest BCUT2D eigenvalue weighted by Crippen LogP contribution is 2.22. The van der Waals surface area contributed by atoms with Crippen LogP contribution in [0.15, 0.2) is 40.3 Å². The molecule has 0 bridgehead atoms. The Bertz CT molecular complexity index is 428. The zero-order valence-electron chi connectivity index (χ0n) is 8.27. The molecular weight excluding hydrogens is 272 g/mol. The number of nitrogens with zero attached hydrogens (tertiary/aromatic N) is 1. The summed E-state index contributed by atoms with van der Waals surface area (Å²) in [6.45, 7) is 2.11. The summed E-state index contributed by atoms with van der Waals surface area (Å²) < 4.78 is 1.08. The lowest BCUT2D eigenvalue weighted by Gasteiger charge is -2.12. The molecule has 0 unspecified atom stereocenters. The lowest BCUT2D eigenvalue weighted by molar-refractivity contribution is 0.870. The number of nitrogens with one attached hydrogen (secondary N) is 1. The first kappa shape index (κ1) is 10.6. The second-order valence-corrected chi connectivity index (χ2v) is 5.09. The van der Waals surface area contributed by atoms with Gasteiger partial charge in [0.1, 0.15) is 5.01 Å². The Morgan fingerprint density at radius 3 is 3.00 bits per heavy atom. The summed E-state index contributed by atoms with van der Waals surface area (Å²) in [5.74, 6) is 0. The molecule has 1 aromatic heterocycles. The van der Waals surface area contributed by atoms with Crippen LogP contribution in [0.1, 0.15) is 18.0 Å². The zero-order valence-corrected chi connectivity index (χ0v) is 10.7. The minimum atomic E-state index is 0.249. The van der Waals surface area contributed by atoms with Gasteiger partial charge in [0.05, 0.1) is 6.04 Å². The van der Waals surface area contributed by atoms with Crippen LogP contribution in [0.2, 0.25) is 0 Å². The molecule has 0 amide bonds. The number of rotatable bonds is 3. The van der Waals surface area contributed by atoms with Crippen LogP contribution in [-0.2, 0) is 0 Å². The monoisotopic (exact) mass is 282 g/mol. The Hall–Kier alpha value is -0.870. The van der Waals surface area contributed by atoms with E-state index in [0.29, 0.717) is 0 Å². The number of anilines is 1. The topological polar surface area (TPSA) is 24.9 Å². The minimum Gasteiger partial charge on any atom is -0.376 e. The van der Waals surface area contributed by atoms with Crippen LogP contribution in [0, 0.1) is 0 Å². The number of aromatic nitrogens is 1. The average Bonchev–Trinajstić information content (AvgIpc) is 2.70. The van der Waals surface area contributed by atoms with Gasteiger partial charge in [-0.25, -0.2) is 4.98 Å². The van der Waals surface area contributed by atoms with Crippen molar-refractivity contribution in [3.05, 3.63) is 45.3 Å². The molecule has 0 fully saturated rings. The molecule has 0 spiro atoms. The number of halogens is 1. The maximum atomic E-state index is 4.28. The van der Waals surface area contributed by atoms with Crippen molar-refractivity contribution in [3.63, 3.8) is 0 Å². The van der Waals surface area contributed by atoms with Gasteiger partial charge in [-0.2, -0.15) is 0 Å². The van der Waals surface area contributed by atoms with Crippen molar-refractivity contribution in [1.29, 1.82) is 0 Å². The highest BCUT2D eigenvalue weighted by atomic mass is 79.9. The first-order chi connectivity index (χ1) is 7.25. The molecule has 4 heteroatoms. The summed E-state index contributed by atoms with van der Waals surface area (Å²) in [4.78, 5) is 4.28. The molecule has 0 aliphatic heterocycles. The summed E-state index contributed by atoms with van der Waals surface area (Å²) in [6, 6.07) is 8.39. The van der Waals surface area contributed by atoms with Crippen LogP contribution in [0.25, 0.3) is 0 Å². The highest BCUT2D eigenvalue weighted by molar-refractivity contribution is 9.10. The molecule has 2 aromatic rings. The quantitative estimate of drug-likeness (QED) is 0.918. The largest absolute Gasteiger partial charge is 0.376 e. The van der Waals surface area contributed by atoms with Crippen molar-refractivity contribution in [2.24, 2.45) is 0 Å². The van der Waals surface area contributed by atoms with Crippen LogP contribution in [0.5, 0.6) is 0 Å². The number of hydrogen-bond acceptors (Lipinski definition) is 3. The van der Waals surface area contributed by atoms with E-state index in [1.54, 1.807) is 11.3 Å². The van der Waals surface area contributed by atoms with Gasteiger partial charge in [-0.15, -0.1) is 11.3 Å². The van der Waals surface area contributed by atoms with Crippen molar-refractivity contribution in [2.45, 2.75) is 13.0 Å². The second kappa shape index (κ2) is 4.77. The summed E-state index contributed by atoms with van der Waals surface area (Å²) >= 11 is 5.12. The first-order valence-corrected chi connectivity index (χ1v) is 6.34. The van der Waals surface area contributed by atoms with Crippen LogP contribution in [-0.4, -0.2) is 4.98 Å². The first-order valence-electron chi connectivity index (χ1n) is 4.67. The molecule has 0 saturated heterocycles. The molecule has 0 radical (unpaired) electrons. The van der Waals surface area contributed by atoms with E-state index in [-0.39, 0.29) is 6.04 Å². The van der Waals surface area contributed by atoms with Gasteiger partial charge < -0.3 is 5.32 Å². The summed E-state index contributed by atoms with van der Waals surface area (Å²) in [7, 11) is 0. The third-order valence-electron chi connectivity index (χ3n) is 2.03. The highest BCUT2D eigenvalue weighted by Gasteiger charge is 2.07. The van der Waals surface area contributed by atoms with Gasteiger partial charge in [0.2, 0.25) is 0 Å². The molecule has 78 valence electrons. The Morgan fingerprint density at radius 1 is 1.47 bits per heavy atom. The van der Waals surface area contributed by atoms with Gasteiger partial charge in [-0.05, 0) is 25.1 Å². The van der Waals surface area contributed by atoms with E-state index in [0.717, 1.165) is 15.2 Å². The van der Waals surface area contributed by atoms with Crippen LogP contribution in [0.4, 0.5) is 5.69 Å². The molecule has 1 atom stereocenters. The molecule has 2 nitrogen and oxygen atoms in total. The third-order valence-corrected chi connectivity index (χ3v) is 3.48. The van der Waals surface area contributed by atoms with Crippen LogP contribution in [0.3, 0.4) is 0 Å². The number of thiazole rings is 1. The number of hydrogen-bond donors (Lipinski definition) is 1. The van der Waals surface area contributed by atoms with Crippen LogP contribution >= 0.6 is 27.3 Å². The van der Waals surface area contributed by atoms with Gasteiger partial charge in [0, 0.05) is 21.7 Å². The van der Waals surface area contributed by atoms with E-state index in [1.165, 1.54) is 0 Å². The van der Waals surface area contributed by atoms with E-state index in [4.69, 9.17) is 0 Å². The van der Waals surface area contributed by atoms with Crippen molar-refractivity contribution < 1.29 is 0 Å². The summed E-state index contributed by atoms with van der Waals surface area (Å²) in [5, 5.41) is 6.50. The molecule has 0 aliphatic carbocycles. The molecule has 1 N–H and O–H groups in total. The Labute approximate surface area is 101 Å². The fourth-order valence-electron chi connectivity index (χ4n) is 1.34. The third kappa shape index (κ3) is 2.79. The zero-order chi connectivity index (χ0) is 10.7. The molecule has 15 heavy (non-hydrogen) atoms. The van der Waals surface area contributed by atoms with E-state index in [9.17, 15) is 0 Å². The Morgan fingerprint density at radius 2 is 2.33 bits per heavy atom. The van der Waals surface area contributed by atoms with Gasteiger partial charge >= 0.3 is 0 Å². The fraction of sp³-hybridized carbons (Fsp3) is 0.182. The minimum absolute atomic E-state index is 0.249. The lowest BCUT2D eigenvalue weighted by Crippen LogP contribution is -2.05. The average molecular weight is 283 g/mol. The Balaban J connectivity index is 2.09. The van der Waals surface area contributed by atoms with E-state index >= 15 is 0 Å². The SMILES string of the molecule is C[C@@H](Nc1cccc(Br)c1)c1nccs1. The maximum Gasteiger partial charge on any atom is 0.115 e. The van der Waals surface area contributed by atoms with Crippen LogP contribution < -0.4 is 5.32 Å². The van der Waals surface area contributed by atoms with E-state index < -0.39 is 0 Å². The molecule has 1 heterocycles. The summed E-state index contributed by atoms with van der Waals surface area (Å²) in [5.41, 5.74) is 1.10. The molecule has 0 aliphatic rings. The van der Waals surface area contributed by atoms with Crippen molar-refractivity contribution >= 4 is 33.0 Å². The van der Waals surface area contributed by atoms with Crippen molar-refractivity contribution in [3.8, 4) is 0 Å². The van der Waals surface area contributed by atoms with Gasteiger partial charge in [-0.3, -0.25) is 0 Å². The second-order valence-electron chi connectivity index (χ2n) is 3.25. The van der Waals surface area contributed by atoms with Crippen molar-refractivity contribution in [2.75, 3.05) is 5.32 Å². The lowest BCUT2D eigenvalue weighted by atomic mass is 10.3. The molecule has 1 aromatic carbocycles. The van der Waals surface area contributed by atoms with E-state index in [2.05, 4.69) is 45.3 Å². The van der Waals surface area contributed by atoms with E-state index in [1.807, 2.05) is 23.7 Å². The normalized spacial score (nSPS) is 12.4. The van der Waals surface area contributed by atoms with Gasteiger partial charge in [-0.1, -0.05) is 22.0 Å². The molecule has 2 rings (SSSR count). The van der Waals surface area contributed by atoms with Crippen molar-refractivity contribution in [1.82, 2.24) is 4.98 Å². The fourth-order valence-corrected chi connectivity index (χ4v) is 2.38. The van der Waals surface area contributed by atoms with Gasteiger partial charge in [0.25, 0.3) is 0 Å². The standard InChI is InChI=1S/C11H11BrN2S/c1-8(11-13-5-6-15-11)14-10-4-2-3-9(12)7-10/h2-8,14H,1H3/t8-/m1/s1. The number of benzene rings is 1. The van der Waals surface area contributed by atoms with Gasteiger partial charge in [0.15, 0.2) is 0 Å². The molecular formula is C11H11BrN2S. The maximum absolute atomic E-state index is 4.28. The predicted molar refractivity (Wildman–Crippen MR) is 68.3 cm³/mol. The molecule has 0 saturated carbocycles. The Kier molecular flexibility index (Phi) is 3.38.